The normalized spacial score (nSPS) is 10.8. The molecular weight excluding hydrogens is 449 g/mol. The van der Waals surface area contributed by atoms with Crippen molar-refractivity contribution in [3.8, 4) is 23.2 Å². The van der Waals surface area contributed by atoms with Crippen LogP contribution >= 0.6 is 0 Å². The van der Waals surface area contributed by atoms with Crippen molar-refractivity contribution in [3.63, 3.8) is 0 Å². The third kappa shape index (κ3) is 5.70. The summed E-state index contributed by atoms with van der Waals surface area (Å²) in [5.74, 6) is 0.505. The van der Waals surface area contributed by atoms with Crippen molar-refractivity contribution in [2.45, 2.75) is 32.6 Å². The standard InChI is InChI=1S/C25H24FN7O2/c1-16-4-6-17(7-5-16)25-31-30-23(35-25)13-12-22(34)29-14-2-3-21-20(15-27)24(28)33(32-21)19-10-8-18(26)9-11-19/h4-11H,2-3,12-14,28H2,1H3,(H,29,34). The van der Waals surface area contributed by atoms with Crippen LogP contribution in [0.4, 0.5) is 10.2 Å². The lowest BCUT2D eigenvalue weighted by atomic mass is 10.1. The van der Waals surface area contributed by atoms with Gasteiger partial charge in [0.1, 0.15) is 23.3 Å². The fourth-order valence-corrected chi connectivity index (χ4v) is 3.51. The predicted octanol–water partition coefficient (Wildman–Crippen LogP) is 3.51. The average molecular weight is 474 g/mol. The molecule has 0 saturated carbocycles. The van der Waals surface area contributed by atoms with Gasteiger partial charge in [-0.3, -0.25) is 4.79 Å². The van der Waals surface area contributed by atoms with Crippen molar-refractivity contribution in [3.05, 3.63) is 77.1 Å². The molecule has 2 heterocycles. The van der Waals surface area contributed by atoms with E-state index in [1.807, 2.05) is 31.2 Å². The molecule has 4 rings (SSSR count). The van der Waals surface area contributed by atoms with Gasteiger partial charge in [0, 0.05) is 24.9 Å². The first-order valence-corrected chi connectivity index (χ1v) is 11.1. The molecule has 0 aliphatic carbocycles. The van der Waals surface area contributed by atoms with Gasteiger partial charge in [0.25, 0.3) is 0 Å². The van der Waals surface area contributed by atoms with Crippen molar-refractivity contribution in [2.24, 2.45) is 0 Å². The lowest BCUT2D eigenvalue weighted by Gasteiger charge is -2.04. The van der Waals surface area contributed by atoms with Gasteiger partial charge >= 0.3 is 0 Å². The van der Waals surface area contributed by atoms with E-state index in [1.54, 1.807) is 0 Å². The fourth-order valence-electron chi connectivity index (χ4n) is 3.51. The smallest absolute Gasteiger partial charge is 0.247 e. The van der Waals surface area contributed by atoms with E-state index < -0.39 is 0 Å². The molecule has 9 nitrogen and oxygen atoms in total. The van der Waals surface area contributed by atoms with Crippen molar-refractivity contribution in [1.29, 1.82) is 5.26 Å². The maximum atomic E-state index is 13.2. The Balaban J connectivity index is 1.25. The molecule has 0 aliphatic rings. The number of aryl methyl sites for hydroxylation is 3. The van der Waals surface area contributed by atoms with Crippen LogP contribution in [0, 0.1) is 24.1 Å². The number of nitrogens with two attached hydrogens (primary N) is 1. The molecule has 2 aromatic carbocycles. The SMILES string of the molecule is Cc1ccc(-c2nnc(CCC(=O)NCCCc3nn(-c4ccc(F)cc4)c(N)c3C#N)o2)cc1. The van der Waals surface area contributed by atoms with Gasteiger partial charge in [0.2, 0.25) is 17.7 Å². The van der Waals surface area contributed by atoms with Gasteiger partial charge in [-0.1, -0.05) is 17.7 Å². The minimum absolute atomic E-state index is 0.142. The second-order valence-electron chi connectivity index (χ2n) is 8.03. The molecule has 0 bridgehead atoms. The highest BCUT2D eigenvalue weighted by molar-refractivity contribution is 5.76. The van der Waals surface area contributed by atoms with Crippen LogP contribution < -0.4 is 11.1 Å². The number of nitrogens with zero attached hydrogens (tertiary/aromatic N) is 5. The highest BCUT2D eigenvalue weighted by atomic mass is 19.1. The van der Waals surface area contributed by atoms with Gasteiger partial charge < -0.3 is 15.5 Å². The molecule has 10 heteroatoms. The number of amides is 1. The first-order chi connectivity index (χ1) is 16.9. The van der Waals surface area contributed by atoms with Gasteiger partial charge in [0.15, 0.2) is 0 Å². The summed E-state index contributed by atoms with van der Waals surface area (Å²) in [6.45, 7) is 2.41. The van der Waals surface area contributed by atoms with Crippen LogP contribution in [0.5, 0.6) is 0 Å². The van der Waals surface area contributed by atoms with Gasteiger partial charge in [0.05, 0.1) is 11.4 Å². The molecule has 0 spiro atoms. The summed E-state index contributed by atoms with van der Waals surface area (Å²) in [5, 5.41) is 24.8. The van der Waals surface area contributed by atoms with E-state index in [4.69, 9.17) is 10.2 Å². The number of nitrogens with one attached hydrogen (secondary N) is 1. The molecule has 0 saturated heterocycles. The summed E-state index contributed by atoms with van der Waals surface area (Å²) in [4.78, 5) is 12.2. The van der Waals surface area contributed by atoms with Crippen LogP contribution in [0.2, 0.25) is 0 Å². The lowest BCUT2D eigenvalue weighted by Crippen LogP contribution is -2.25. The summed E-state index contributed by atoms with van der Waals surface area (Å²) < 4.78 is 20.3. The molecule has 0 atom stereocenters. The zero-order chi connectivity index (χ0) is 24.8. The number of rotatable bonds is 9. The first kappa shape index (κ1) is 23.6. The van der Waals surface area contributed by atoms with E-state index in [2.05, 4.69) is 26.7 Å². The van der Waals surface area contributed by atoms with Crippen LogP contribution in [0.15, 0.2) is 52.9 Å². The summed E-state index contributed by atoms with van der Waals surface area (Å²) in [6.07, 6.45) is 1.57. The lowest BCUT2D eigenvalue weighted by molar-refractivity contribution is -0.121. The topological polar surface area (TPSA) is 136 Å². The number of nitrogen functional groups attached to an aromatic ring is 1. The maximum absolute atomic E-state index is 13.2. The fraction of sp³-hybridized carbons (Fsp3) is 0.240. The number of carbonyl (C=O) groups excluding carboxylic acids is 1. The van der Waals surface area contributed by atoms with Crippen molar-refractivity contribution in [2.75, 3.05) is 12.3 Å². The quantitative estimate of drug-likeness (QED) is 0.355. The molecule has 2 aromatic heterocycles. The van der Waals surface area contributed by atoms with Gasteiger partial charge in [-0.05, 0) is 56.2 Å². The average Bonchev–Trinajstić information content (AvgIpc) is 3.46. The van der Waals surface area contributed by atoms with Crippen LogP contribution in [0.1, 0.15) is 35.6 Å². The molecule has 178 valence electrons. The Hall–Kier alpha value is -4.52. The second kappa shape index (κ2) is 10.6. The zero-order valence-corrected chi connectivity index (χ0v) is 19.2. The third-order valence-electron chi connectivity index (χ3n) is 5.42. The van der Waals surface area contributed by atoms with E-state index in [0.717, 1.165) is 11.1 Å². The largest absolute Gasteiger partial charge is 0.421 e. The Morgan fingerprint density at radius 1 is 1.14 bits per heavy atom. The minimum atomic E-state index is -0.373. The molecule has 0 radical (unpaired) electrons. The molecule has 4 aromatic rings. The monoisotopic (exact) mass is 473 g/mol. The Labute approximate surface area is 201 Å². The third-order valence-corrected chi connectivity index (χ3v) is 5.42. The summed E-state index contributed by atoms with van der Waals surface area (Å²) >= 11 is 0. The maximum Gasteiger partial charge on any atom is 0.247 e. The van der Waals surface area contributed by atoms with Crippen LogP contribution in [-0.4, -0.2) is 32.4 Å². The van der Waals surface area contributed by atoms with E-state index >= 15 is 0 Å². The first-order valence-electron chi connectivity index (χ1n) is 11.1. The van der Waals surface area contributed by atoms with E-state index in [9.17, 15) is 14.4 Å². The van der Waals surface area contributed by atoms with Gasteiger partial charge in [-0.2, -0.15) is 10.4 Å². The van der Waals surface area contributed by atoms with E-state index in [1.165, 1.54) is 28.9 Å². The molecule has 0 aliphatic heterocycles. The van der Waals surface area contributed by atoms with Crippen LogP contribution in [0.25, 0.3) is 17.1 Å². The van der Waals surface area contributed by atoms with Crippen molar-refractivity contribution >= 4 is 11.7 Å². The number of hydrogen-bond acceptors (Lipinski definition) is 7. The second-order valence-corrected chi connectivity index (χ2v) is 8.03. The number of halogens is 1. The summed E-state index contributed by atoms with van der Waals surface area (Å²) in [6, 6.07) is 15.5. The molecule has 0 unspecified atom stereocenters. The number of benzene rings is 2. The number of hydrogen-bond donors (Lipinski definition) is 2. The Bertz CT molecular complexity index is 1350. The molecule has 1 amide bonds. The van der Waals surface area contributed by atoms with Crippen molar-refractivity contribution in [1.82, 2.24) is 25.3 Å². The highest BCUT2D eigenvalue weighted by Gasteiger charge is 2.16. The van der Waals surface area contributed by atoms with Gasteiger partial charge in [-0.15, -0.1) is 10.2 Å². The number of carbonyl (C=O) groups is 1. The van der Waals surface area contributed by atoms with Crippen LogP contribution in [-0.2, 0) is 17.6 Å². The minimum Gasteiger partial charge on any atom is -0.421 e. The number of nitriles is 1. The van der Waals surface area contributed by atoms with Gasteiger partial charge in [-0.25, -0.2) is 9.07 Å². The Kier molecular flexibility index (Phi) is 7.16. The molecule has 35 heavy (non-hydrogen) atoms. The number of anilines is 1. The molecule has 3 N–H and O–H groups in total. The predicted molar refractivity (Wildman–Crippen MR) is 127 cm³/mol. The van der Waals surface area contributed by atoms with E-state index in [-0.39, 0.29) is 29.5 Å². The Morgan fingerprint density at radius 3 is 2.60 bits per heavy atom. The molecular formula is C25H24FN7O2. The summed E-state index contributed by atoms with van der Waals surface area (Å²) in [7, 11) is 0. The highest BCUT2D eigenvalue weighted by Crippen LogP contribution is 2.22. The van der Waals surface area contributed by atoms with Crippen LogP contribution in [0.3, 0.4) is 0 Å². The zero-order valence-electron chi connectivity index (χ0n) is 19.2. The van der Waals surface area contributed by atoms with Crippen molar-refractivity contribution < 1.29 is 13.6 Å². The number of aromatic nitrogens is 4. The van der Waals surface area contributed by atoms with E-state index in [0.29, 0.717) is 49.0 Å². The summed E-state index contributed by atoms with van der Waals surface area (Å²) in [5.41, 5.74) is 9.41. The molecule has 0 fully saturated rings. The Morgan fingerprint density at radius 2 is 1.89 bits per heavy atom.